The van der Waals surface area contributed by atoms with E-state index in [-0.39, 0.29) is 5.56 Å². The van der Waals surface area contributed by atoms with Gasteiger partial charge in [-0.25, -0.2) is 10.3 Å². The minimum Gasteiger partial charge on any atom is -0.297 e. The summed E-state index contributed by atoms with van der Waals surface area (Å²) in [6, 6.07) is 2.56. The Morgan fingerprint density at radius 3 is 2.33 bits per heavy atom. The fourth-order valence-electron chi connectivity index (χ4n) is 1.09. The maximum atomic E-state index is 13.0. The topological polar surface area (TPSA) is 35.2 Å². The Hall–Kier alpha value is -1.14. The van der Waals surface area contributed by atoms with Crippen molar-refractivity contribution in [2.24, 2.45) is 5.90 Å². The second kappa shape index (κ2) is 4.16. The van der Waals surface area contributed by atoms with Gasteiger partial charge in [0, 0.05) is 0 Å². The van der Waals surface area contributed by atoms with E-state index in [1.54, 1.807) is 0 Å². The summed E-state index contributed by atoms with van der Waals surface area (Å²) in [6.45, 7) is 1.50. The van der Waals surface area contributed by atoms with E-state index in [2.05, 4.69) is 4.84 Å². The van der Waals surface area contributed by atoms with Crippen molar-refractivity contribution in [3.63, 3.8) is 0 Å². The minimum absolute atomic E-state index is 0.253. The number of rotatable bonds is 2. The van der Waals surface area contributed by atoms with Gasteiger partial charge in [0.2, 0.25) is 0 Å². The van der Waals surface area contributed by atoms with Crippen LogP contribution in [-0.4, -0.2) is 0 Å². The van der Waals surface area contributed by atoms with Gasteiger partial charge < -0.3 is 0 Å². The molecule has 2 N–H and O–H groups in total. The van der Waals surface area contributed by atoms with Crippen LogP contribution < -0.4 is 5.90 Å². The fourth-order valence-corrected chi connectivity index (χ4v) is 1.09. The van der Waals surface area contributed by atoms with Crippen LogP contribution in [0.15, 0.2) is 18.2 Å². The van der Waals surface area contributed by atoms with Crippen LogP contribution in [-0.2, 0) is 11.0 Å². The van der Waals surface area contributed by atoms with E-state index in [0.717, 1.165) is 12.1 Å². The van der Waals surface area contributed by atoms with E-state index in [1.165, 1.54) is 6.92 Å². The van der Waals surface area contributed by atoms with Crippen LogP contribution in [0, 0.1) is 5.82 Å². The highest BCUT2D eigenvalue weighted by Gasteiger charge is 2.34. The first-order valence-corrected chi connectivity index (χ1v) is 4.08. The van der Waals surface area contributed by atoms with Gasteiger partial charge in [-0.15, -0.1) is 0 Å². The van der Waals surface area contributed by atoms with Gasteiger partial charge in [-0.05, 0) is 24.6 Å². The Bertz CT molecular complexity index is 350. The van der Waals surface area contributed by atoms with Crippen LogP contribution >= 0.6 is 0 Å². The molecular formula is C9H9F4NO. The molecule has 2 nitrogen and oxygen atoms in total. The molecule has 0 aromatic heterocycles. The molecular weight excluding hydrogens is 214 g/mol. The van der Waals surface area contributed by atoms with E-state index >= 15 is 0 Å². The van der Waals surface area contributed by atoms with Crippen LogP contribution in [0.25, 0.3) is 0 Å². The van der Waals surface area contributed by atoms with Crippen LogP contribution in [0.5, 0.6) is 0 Å². The molecule has 0 heterocycles. The normalized spacial score (nSPS) is 14.0. The summed E-state index contributed by atoms with van der Waals surface area (Å²) in [5.74, 6) is 3.50. The molecule has 0 radical (unpaired) electrons. The molecule has 6 heteroatoms. The van der Waals surface area contributed by atoms with Gasteiger partial charge in [0.25, 0.3) is 0 Å². The summed E-state index contributed by atoms with van der Waals surface area (Å²) in [7, 11) is 0. The highest BCUT2D eigenvalue weighted by molar-refractivity contribution is 5.27. The first kappa shape index (κ1) is 11.9. The quantitative estimate of drug-likeness (QED) is 0.618. The lowest BCUT2D eigenvalue weighted by Crippen LogP contribution is -2.10. The number of benzene rings is 1. The maximum absolute atomic E-state index is 13.0. The molecule has 1 aromatic rings. The Balaban J connectivity index is 3.09. The van der Waals surface area contributed by atoms with Crippen molar-refractivity contribution in [3.8, 4) is 0 Å². The van der Waals surface area contributed by atoms with Crippen molar-refractivity contribution in [2.45, 2.75) is 19.2 Å². The molecule has 0 amide bonds. The van der Waals surface area contributed by atoms with Crippen LogP contribution in [0.3, 0.4) is 0 Å². The first-order chi connectivity index (χ1) is 6.86. The largest absolute Gasteiger partial charge is 0.419 e. The Morgan fingerprint density at radius 1 is 1.33 bits per heavy atom. The van der Waals surface area contributed by atoms with Crippen molar-refractivity contribution in [3.05, 3.63) is 35.1 Å². The third kappa shape index (κ3) is 2.66. The molecule has 0 aliphatic heterocycles. The van der Waals surface area contributed by atoms with E-state index < -0.39 is 23.7 Å². The zero-order chi connectivity index (χ0) is 11.6. The van der Waals surface area contributed by atoms with E-state index in [9.17, 15) is 17.6 Å². The Kier molecular flexibility index (Phi) is 3.31. The van der Waals surface area contributed by atoms with Crippen molar-refractivity contribution in [2.75, 3.05) is 0 Å². The standard InChI is InChI=1S/C9H9F4NO/c1-5(15-14)6-2-3-7(8(10)4-6)9(11,12)13/h2-5H,14H2,1H3. The molecule has 0 aliphatic carbocycles. The van der Waals surface area contributed by atoms with Gasteiger partial charge >= 0.3 is 6.18 Å². The summed E-state index contributed by atoms with van der Waals surface area (Å²) in [5, 5.41) is 0. The van der Waals surface area contributed by atoms with Gasteiger partial charge in [-0.2, -0.15) is 13.2 Å². The SMILES string of the molecule is CC(ON)c1ccc(C(F)(F)F)c(F)c1. The van der Waals surface area contributed by atoms with E-state index in [0.29, 0.717) is 6.07 Å². The van der Waals surface area contributed by atoms with Crippen LogP contribution in [0.1, 0.15) is 24.2 Å². The third-order valence-electron chi connectivity index (χ3n) is 1.97. The minimum atomic E-state index is -4.69. The number of nitrogens with two attached hydrogens (primary N) is 1. The predicted octanol–water partition coefficient (Wildman–Crippen LogP) is 2.80. The van der Waals surface area contributed by atoms with E-state index in [4.69, 9.17) is 5.90 Å². The molecule has 0 spiro atoms. The summed E-state index contributed by atoms with van der Waals surface area (Å²) in [6.07, 6.45) is -5.34. The highest BCUT2D eigenvalue weighted by atomic mass is 19.4. The van der Waals surface area contributed by atoms with Crippen LogP contribution in [0.2, 0.25) is 0 Å². The lowest BCUT2D eigenvalue weighted by molar-refractivity contribution is -0.140. The van der Waals surface area contributed by atoms with Crippen molar-refractivity contribution < 1.29 is 22.4 Å². The van der Waals surface area contributed by atoms with Crippen molar-refractivity contribution in [1.82, 2.24) is 0 Å². The van der Waals surface area contributed by atoms with Gasteiger partial charge in [0.05, 0.1) is 5.56 Å². The second-order valence-corrected chi connectivity index (χ2v) is 3.02. The molecule has 0 aliphatic rings. The van der Waals surface area contributed by atoms with Crippen LogP contribution in [0.4, 0.5) is 17.6 Å². The maximum Gasteiger partial charge on any atom is 0.419 e. The van der Waals surface area contributed by atoms with Gasteiger partial charge in [0.1, 0.15) is 11.9 Å². The Morgan fingerprint density at radius 2 is 1.93 bits per heavy atom. The number of alkyl halides is 3. The number of hydrogen-bond donors (Lipinski definition) is 1. The monoisotopic (exact) mass is 223 g/mol. The van der Waals surface area contributed by atoms with E-state index in [1.807, 2.05) is 0 Å². The zero-order valence-electron chi connectivity index (χ0n) is 7.81. The summed E-state index contributed by atoms with van der Waals surface area (Å²) >= 11 is 0. The highest BCUT2D eigenvalue weighted by Crippen LogP contribution is 2.32. The average molecular weight is 223 g/mol. The second-order valence-electron chi connectivity index (χ2n) is 3.02. The first-order valence-electron chi connectivity index (χ1n) is 4.08. The summed E-state index contributed by atoms with van der Waals surface area (Å²) in [5.41, 5.74) is -1.04. The molecule has 1 rings (SSSR count). The average Bonchev–Trinajstić information content (AvgIpc) is 2.14. The third-order valence-corrected chi connectivity index (χ3v) is 1.97. The Labute approximate surface area is 83.6 Å². The molecule has 1 unspecified atom stereocenters. The van der Waals surface area contributed by atoms with Crippen molar-refractivity contribution >= 4 is 0 Å². The molecule has 0 saturated heterocycles. The molecule has 0 bridgehead atoms. The summed E-state index contributed by atoms with van der Waals surface area (Å²) in [4.78, 5) is 4.37. The van der Waals surface area contributed by atoms with Crippen molar-refractivity contribution in [1.29, 1.82) is 0 Å². The zero-order valence-corrected chi connectivity index (χ0v) is 7.81. The van der Waals surface area contributed by atoms with Gasteiger partial charge in [-0.1, -0.05) is 6.07 Å². The molecule has 0 fully saturated rings. The summed E-state index contributed by atoms with van der Waals surface area (Å²) < 4.78 is 49.5. The number of hydrogen-bond acceptors (Lipinski definition) is 2. The van der Waals surface area contributed by atoms with Gasteiger partial charge in [0.15, 0.2) is 0 Å². The number of halogens is 4. The fraction of sp³-hybridized carbons (Fsp3) is 0.333. The smallest absolute Gasteiger partial charge is 0.297 e. The lowest BCUT2D eigenvalue weighted by atomic mass is 10.1. The molecule has 15 heavy (non-hydrogen) atoms. The predicted molar refractivity (Wildman–Crippen MR) is 45.1 cm³/mol. The molecule has 1 atom stereocenters. The molecule has 0 saturated carbocycles. The lowest BCUT2D eigenvalue weighted by Gasteiger charge is -2.12. The molecule has 84 valence electrons. The van der Waals surface area contributed by atoms with Gasteiger partial charge in [-0.3, -0.25) is 4.84 Å². The molecule has 1 aromatic carbocycles.